The third-order valence-corrected chi connectivity index (χ3v) is 5.08. The molecule has 1 atom stereocenters. The SMILES string of the molecule is O=C(NC(c1cccs1)C1CCCC1)c1ccccc1F. The summed E-state index contributed by atoms with van der Waals surface area (Å²) in [7, 11) is 0. The van der Waals surface area contributed by atoms with Crippen LogP contribution in [0.3, 0.4) is 0 Å². The lowest BCUT2D eigenvalue weighted by atomic mass is 9.96. The molecule has 1 heterocycles. The van der Waals surface area contributed by atoms with E-state index in [4.69, 9.17) is 0 Å². The van der Waals surface area contributed by atoms with Crippen molar-refractivity contribution in [3.05, 3.63) is 58.0 Å². The lowest BCUT2D eigenvalue weighted by Gasteiger charge is -2.24. The van der Waals surface area contributed by atoms with E-state index in [9.17, 15) is 9.18 Å². The van der Waals surface area contributed by atoms with Gasteiger partial charge in [0.2, 0.25) is 0 Å². The molecule has 0 saturated heterocycles. The van der Waals surface area contributed by atoms with Crippen LogP contribution in [0.1, 0.15) is 47.0 Å². The van der Waals surface area contributed by atoms with Crippen LogP contribution in [-0.4, -0.2) is 5.91 Å². The lowest BCUT2D eigenvalue weighted by molar-refractivity contribution is 0.0918. The Kier molecular flexibility index (Phi) is 4.34. The van der Waals surface area contributed by atoms with Gasteiger partial charge in [0.05, 0.1) is 11.6 Å². The fraction of sp³-hybridized carbons (Fsp3) is 0.353. The number of thiophene rings is 1. The maximum absolute atomic E-state index is 13.8. The molecule has 0 radical (unpaired) electrons. The van der Waals surface area contributed by atoms with Gasteiger partial charge < -0.3 is 5.32 Å². The van der Waals surface area contributed by atoms with Crippen molar-refractivity contribution >= 4 is 17.2 Å². The van der Waals surface area contributed by atoms with Gasteiger partial charge in [0.15, 0.2) is 0 Å². The number of nitrogens with one attached hydrogen (secondary N) is 1. The normalized spacial score (nSPS) is 16.8. The fourth-order valence-corrected chi connectivity index (χ4v) is 3.91. The van der Waals surface area contributed by atoms with Crippen LogP contribution < -0.4 is 5.32 Å². The Balaban J connectivity index is 1.81. The molecule has 1 fully saturated rings. The molecule has 2 aromatic rings. The third-order valence-electron chi connectivity index (χ3n) is 4.13. The van der Waals surface area contributed by atoms with Gasteiger partial charge in [-0.15, -0.1) is 11.3 Å². The molecule has 0 bridgehead atoms. The topological polar surface area (TPSA) is 29.1 Å². The molecule has 1 N–H and O–H groups in total. The first-order valence-corrected chi connectivity index (χ1v) is 8.22. The van der Waals surface area contributed by atoms with E-state index in [-0.39, 0.29) is 17.5 Å². The lowest BCUT2D eigenvalue weighted by Crippen LogP contribution is -2.32. The molecule has 4 heteroatoms. The van der Waals surface area contributed by atoms with Crippen molar-refractivity contribution in [2.75, 3.05) is 0 Å². The highest BCUT2D eigenvalue weighted by Gasteiger charge is 2.29. The van der Waals surface area contributed by atoms with Gasteiger partial charge >= 0.3 is 0 Å². The van der Waals surface area contributed by atoms with Gasteiger partial charge in [-0.25, -0.2) is 4.39 Å². The van der Waals surface area contributed by atoms with E-state index < -0.39 is 5.82 Å². The largest absolute Gasteiger partial charge is 0.344 e. The molecule has 2 nitrogen and oxygen atoms in total. The van der Waals surface area contributed by atoms with Crippen LogP contribution >= 0.6 is 11.3 Å². The minimum Gasteiger partial charge on any atom is -0.344 e. The molecule has 1 saturated carbocycles. The summed E-state index contributed by atoms with van der Waals surface area (Å²) in [5.74, 6) is -0.330. The molecule has 1 unspecified atom stereocenters. The standard InChI is InChI=1S/C17H18FNOS/c18-14-9-4-3-8-13(14)17(20)19-16(12-6-1-2-7-12)15-10-5-11-21-15/h3-5,8-12,16H,1-2,6-7H2,(H,19,20). The number of halogens is 1. The number of amides is 1. The second-order valence-corrected chi connectivity index (χ2v) is 6.47. The number of carbonyl (C=O) groups excluding carboxylic acids is 1. The van der Waals surface area contributed by atoms with Crippen molar-refractivity contribution in [1.82, 2.24) is 5.32 Å². The molecule has 1 aromatic carbocycles. The van der Waals surface area contributed by atoms with Crippen LogP contribution in [0.2, 0.25) is 0 Å². The Bertz CT molecular complexity index is 605. The van der Waals surface area contributed by atoms with Gasteiger partial charge in [0.1, 0.15) is 5.82 Å². The molecule has 0 aliphatic heterocycles. The van der Waals surface area contributed by atoms with Crippen molar-refractivity contribution in [1.29, 1.82) is 0 Å². The number of carbonyl (C=O) groups is 1. The van der Waals surface area contributed by atoms with Gasteiger partial charge in [-0.2, -0.15) is 0 Å². The Labute approximate surface area is 128 Å². The summed E-state index contributed by atoms with van der Waals surface area (Å²) in [5.41, 5.74) is 0.122. The first kappa shape index (κ1) is 14.3. The first-order chi connectivity index (χ1) is 10.3. The Hall–Kier alpha value is -1.68. The number of hydrogen-bond donors (Lipinski definition) is 1. The van der Waals surface area contributed by atoms with E-state index in [2.05, 4.69) is 11.4 Å². The Morgan fingerprint density at radius 1 is 1.19 bits per heavy atom. The summed E-state index contributed by atoms with van der Waals surface area (Å²) < 4.78 is 13.8. The smallest absolute Gasteiger partial charge is 0.254 e. The Morgan fingerprint density at radius 2 is 1.95 bits per heavy atom. The second kappa shape index (κ2) is 6.39. The van der Waals surface area contributed by atoms with Gasteiger partial charge in [0.25, 0.3) is 5.91 Å². The molecule has 1 aromatic heterocycles. The quantitative estimate of drug-likeness (QED) is 0.882. The summed E-state index contributed by atoms with van der Waals surface area (Å²) in [6, 6.07) is 10.2. The number of benzene rings is 1. The van der Waals surface area contributed by atoms with E-state index in [1.165, 1.54) is 25.0 Å². The van der Waals surface area contributed by atoms with Gasteiger partial charge in [-0.3, -0.25) is 4.79 Å². The van der Waals surface area contributed by atoms with E-state index >= 15 is 0 Å². The summed E-state index contributed by atoms with van der Waals surface area (Å²) >= 11 is 1.65. The summed E-state index contributed by atoms with van der Waals surface area (Å²) in [6.45, 7) is 0. The second-order valence-electron chi connectivity index (χ2n) is 5.49. The molecule has 3 rings (SSSR count). The fourth-order valence-electron chi connectivity index (χ4n) is 3.04. The molecule has 110 valence electrons. The van der Waals surface area contributed by atoms with Gasteiger partial charge in [0, 0.05) is 4.88 Å². The number of hydrogen-bond acceptors (Lipinski definition) is 2. The third kappa shape index (κ3) is 3.16. The highest BCUT2D eigenvalue weighted by molar-refractivity contribution is 7.10. The van der Waals surface area contributed by atoms with Crippen LogP contribution in [0.4, 0.5) is 4.39 Å². The molecular formula is C17H18FNOS. The maximum atomic E-state index is 13.8. The molecule has 1 aliphatic carbocycles. The van der Waals surface area contributed by atoms with Crippen LogP contribution in [0, 0.1) is 11.7 Å². The molecular weight excluding hydrogens is 285 g/mol. The molecule has 21 heavy (non-hydrogen) atoms. The zero-order valence-corrected chi connectivity index (χ0v) is 12.5. The predicted octanol–water partition coefficient (Wildman–Crippen LogP) is 4.55. The van der Waals surface area contributed by atoms with Crippen molar-refractivity contribution < 1.29 is 9.18 Å². The van der Waals surface area contributed by atoms with Crippen LogP contribution in [0.15, 0.2) is 41.8 Å². The average Bonchev–Trinajstić information content (AvgIpc) is 3.18. The van der Waals surface area contributed by atoms with Crippen molar-refractivity contribution in [2.24, 2.45) is 5.92 Å². The van der Waals surface area contributed by atoms with Crippen molar-refractivity contribution in [3.8, 4) is 0 Å². The predicted molar refractivity (Wildman–Crippen MR) is 82.9 cm³/mol. The molecule has 0 spiro atoms. The summed E-state index contributed by atoms with van der Waals surface area (Å²) in [4.78, 5) is 13.5. The molecule has 1 aliphatic rings. The van der Waals surface area contributed by atoms with Crippen LogP contribution in [0.25, 0.3) is 0 Å². The first-order valence-electron chi connectivity index (χ1n) is 7.34. The van der Waals surface area contributed by atoms with E-state index in [0.717, 1.165) is 17.7 Å². The van der Waals surface area contributed by atoms with Gasteiger partial charge in [-0.1, -0.05) is 31.0 Å². The highest BCUT2D eigenvalue weighted by Crippen LogP contribution is 2.37. The van der Waals surface area contributed by atoms with Crippen molar-refractivity contribution in [2.45, 2.75) is 31.7 Å². The van der Waals surface area contributed by atoms with Crippen molar-refractivity contribution in [3.63, 3.8) is 0 Å². The summed E-state index contributed by atoms with van der Waals surface area (Å²) in [5, 5.41) is 5.07. The van der Waals surface area contributed by atoms with Crippen LogP contribution in [0.5, 0.6) is 0 Å². The molecule has 1 amide bonds. The zero-order valence-electron chi connectivity index (χ0n) is 11.7. The highest BCUT2D eigenvalue weighted by atomic mass is 32.1. The monoisotopic (exact) mass is 303 g/mol. The van der Waals surface area contributed by atoms with Gasteiger partial charge in [-0.05, 0) is 42.3 Å². The average molecular weight is 303 g/mol. The minimum atomic E-state index is -0.466. The van der Waals surface area contributed by atoms with E-state index in [0.29, 0.717) is 5.92 Å². The minimum absolute atomic E-state index is 0.000365. The summed E-state index contributed by atoms with van der Waals surface area (Å²) in [6.07, 6.45) is 4.67. The van der Waals surface area contributed by atoms with E-state index in [1.807, 2.05) is 11.4 Å². The van der Waals surface area contributed by atoms with E-state index in [1.54, 1.807) is 23.5 Å². The Morgan fingerprint density at radius 3 is 2.62 bits per heavy atom. The maximum Gasteiger partial charge on any atom is 0.254 e. The zero-order chi connectivity index (χ0) is 14.7. The number of rotatable bonds is 4. The van der Waals surface area contributed by atoms with Crippen LogP contribution in [-0.2, 0) is 0 Å².